The highest BCUT2D eigenvalue weighted by Crippen LogP contribution is 2.24. The van der Waals surface area contributed by atoms with Gasteiger partial charge in [-0.1, -0.05) is 74.9 Å². The van der Waals surface area contributed by atoms with Crippen molar-refractivity contribution in [2.24, 2.45) is 11.7 Å². The second-order valence-electron chi connectivity index (χ2n) is 6.13. The van der Waals surface area contributed by atoms with Crippen LogP contribution in [0.4, 0.5) is 0 Å². The van der Waals surface area contributed by atoms with Crippen molar-refractivity contribution in [1.29, 1.82) is 0 Å². The van der Waals surface area contributed by atoms with E-state index >= 15 is 0 Å². The average molecular weight is 310 g/mol. The standard InChI is InChI=1S/C20H26N2O/c1-4-15(2)19(21)20(23)22(3)14-17-12-8-9-13-18(17)16-10-6-5-7-11-16/h5-13,15,19H,4,14,21H2,1-3H3. The lowest BCUT2D eigenvalue weighted by Crippen LogP contribution is -2.45. The lowest BCUT2D eigenvalue weighted by Gasteiger charge is -2.25. The van der Waals surface area contributed by atoms with Crippen molar-refractivity contribution in [2.75, 3.05) is 7.05 Å². The number of carbonyl (C=O) groups is 1. The van der Waals surface area contributed by atoms with Gasteiger partial charge in [-0.05, 0) is 22.6 Å². The summed E-state index contributed by atoms with van der Waals surface area (Å²) in [6.45, 7) is 4.64. The Hall–Kier alpha value is -2.13. The molecule has 1 amide bonds. The minimum atomic E-state index is -0.436. The molecule has 0 spiro atoms. The second-order valence-corrected chi connectivity index (χ2v) is 6.13. The maximum atomic E-state index is 12.5. The summed E-state index contributed by atoms with van der Waals surface area (Å²) in [6.07, 6.45) is 0.904. The number of hydrogen-bond acceptors (Lipinski definition) is 2. The van der Waals surface area contributed by atoms with E-state index in [1.54, 1.807) is 4.90 Å². The summed E-state index contributed by atoms with van der Waals surface area (Å²) in [7, 11) is 1.83. The lowest BCUT2D eigenvalue weighted by molar-refractivity contribution is -0.132. The van der Waals surface area contributed by atoms with Gasteiger partial charge in [0.1, 0.15) is 0 Å². The molecular weight excluding hydrogens is 284 g/mol. The average Bonchev–Trinajstić information content (AvgIpc) is 2.60. The third-order valence-corrected chi connectivity index (χ3v) is 4.43. The fourth-order valence-electron chi connectivity index (χ4n) is 2.64. The Labute approximate surface area is 139 Å². The van der Waals surface area contributed by atoms with Gasteiger partial charge in [0.2, 0.25) is 5.91 Å². The highest BCUT2D eigenvalue weighted by atomic mass is 16.2. The van der Waals surface area contributed by atoms with Gasteiger partial charge in [0.25, 0.3) is 0 Å². The van der Waals surface area contributed by atoms with Gasteiger partial charge in [-0.3, -0.25) is 4.79 Å². The highest BCUT2D eigenvalue weighted by Gasteiger charge is 2.23. The van der Waals surface area contributed by atoms with E-state index in [4.69, 9.17) is 5.73 Å². The van der Waals surface area contributed by atoms with Crippen molar-refractivity contribution in [3.05, 3.63) is 60.2 Å². The molecule has 2 rings (SSSR count). The molecule has 2 atom stereocenters. The minimum absolute atomic E-state index is 0.00205. The number of rotatable bonds is 6. The zero-order valence-corrected chi connectivity index (χ0v) is 14.2. The first-order valence-electron chi connectivity index (χ1n) is 8.18. The van der Waals surface area contributed by atoms with E-state index < -0.39 is 6.04 Å². The molecule has 23 heavy (non-hydrogen) atoms. The summed E-state index contributed by atoms with van der Waals surface area (Å²) in [4.78, 5) is 14.2. The van der Waals surface area contributed by atoms with E-state index in [1.807, 2.05) is 44.3 Å². The molecule has 0 saturated heterocycles. The van der Waals surface area contributed by atoms with E-state index in [9.17, 15) is 4.79 Å². The minimum Gasteiger partial charge on any atom is -0.340 e. The van der Waals surface area contributed by atoms with Gasteiger partial charge in [-0.15, -0.1) is 0 Å². The maximum absolute atomic E-state index is 12.5. The summed E-state index contributed by atoms with van der Waals surface area (Å²) >= 11 is 0. The number of likely N-dealkylation sites (N-methyl/N-ethyl adjacent to an activating group) is 1. The maximum Gasteiger partial charge on any atom is 0.239 e. The molecule has 2 aromatic rings. The van der Waals surface area contributed by atoms with E-state index in [0.29, 0.717) is 6.54 Å². The van der Waals surface area contributed by atoms with Gasteiger partial charge in [0.05, 0.1) is 6.04 Å². The van der Waals surface area contributed by atoms with Crippen molar-refractivity contribution in [3.63, 3.8) is 0 Å². The fraction of sp³-hybridized carbons (Fsp3) is 0.350. The molecule has 0 aliphatic carbocycles. The monoisotopic (exact) mass is 310 g/mol. The van der Waals surface area contributed by atoms with Crippen LogP contribution in [0.3, 0.4) is 0 Å². The molecule has 0 fully saturated rings. The van der Waals surface area contributed by atoms with Gasteiger partial charge < -0.3 is 10.6 Å². The molecule has 0 aliphatic heterocycles. The SMILES string of the molecule is CCC(C)C(N)C(=O)N(C)Cc1ccccc1-c1ccccc1. The first-order chi connectivity index (χ1) is 11.0. The molecule has 2 aromatic carbocycles. The Morgan fingerprint density at radius 3 is 2.35 bits per heavy atom. The molecule has 122 valence electrons. The Bertz CT molecular complexity index is 639. The van der Waals surface area contributed by atoms with Crippen molar-refractivity contribution in [3.8, 4) is 11.1 Å². The van der Waals surface area contributed by atoms with Crippen LogP contribution in [-0.4, -0.2) is 23.9 Å². The summed E-state index contributed by atoms with van der Waals surface area (Å²) in [6, 6.07) is 18.0. The Balaban J connectivity index is 2.19. The summed E-state index contributed by atoms with van der Waals surface area (Å²) in [5, 5.41) is 0. The van der Waals surface area contributed by atoms with Crippen molar-refractivity contribution in [1.82, 2.24) is 4.90 Å². The highest BCUT2D eigenvalue weighted by molar-refractivity contribution is 5.82. The van der Waals surface area contributed by atoms with Crippen LogP contribution in [-0.2, 0) is 11.3 Å². The number of carbonyl (C=O) groups excluding carboxylic acids is 1. The second kappa shape index (κ2) is 7.93. The van der Waals surface area contributed by atoms with Gasteiger partial charge in [0, 0.05) is 13.6 Å². The third kappa shape index (κ3) is 4.20. The van der Waals surface area contributed by atoms with Crippen LogP contribution in [0.5, 0.6) is 0 Å². The number of amides is 1. The predicted molar refractivity (Wildman–Crippen MR) is 95.8 cm³/mol. The molecule has 0 radical (unpaired) electrons. The molecule has 0 bridgehead atoms. The molecule has 0 saturated carbocycles. The van der Waals surface area contributed by atoms with Crippen LogP contribution in [0.1, 0.15) is 25.8 Å². The van der Waals surface area contributed by atoms with E-state index in [2.05, 4.69) is 31.2 Å². The molecule has 2 unspecified atom stereocenters. The van der Waals surface area contributed by atoms with E-state index in [-0.39, 0.29) is 11.8 Å². The van der Waals surface area contributed by atoms with Gasteiger partial charge in [-0.2, -0.15) is 0 Å². The summed E-state index contributed by atoms with van der Waals surface area (Å²) in [5.74, 6) is 0.191. The molecule has 3 nitrogen and oxygen atoms in total. The molecule has 0 aliphatic rings. The van der Waals surface area contributed by atoms with E-state index in [1.165, 1.54) is 0 Å². The molecule has 2 N–H and O–H groups in total. The predicted octanol–water partition coefficient (Wildman–Crippen LogP) is 3.69. The van der Waals surface area contributed by atoms with Crippen molar-refractivity contribution in [2.45, 2.75) is 32.9 Å². The Kier molecular flexibility index (Phi) is 5.94. The van der Waals surface area contributed by atoms with Gasteiger partial charge in [0.15, 0.2) is 0 Å². The Morgan fingerprint density at radius 1 is 1.09 bits per heavy atom. The molecule has 0 heterocycles. The Morgan fingerprint density at radius 2 is 1.70 bits per heavy atom. The number of hydrogen-bond donors (Lipinski definition) is 1. The van der Waals surface area contributed by atoms with Crippen LogP contribution in [0.15, 0.2) is 54.6 Å². The van der Waals surface area contributed by atoms with Crippen molar-refractivity contribution >= 4 is 5.91 Å². The van der Waals surface area contributed by atoms with Gasteiger partial charge in [-0.25, -0.2) is 0 Å². The summed E-state index contributed by atoms with van der Waals surface area (Å²) < 4.78 is 0. The van der Waals surface area contributed by atoms with Crippen LogP contribution in [0, 0.1) is 5.92 Å². The third-order valence-electron chi connectivity index (χ3n) is 4.43. The van der Waals surface area contributed by atoms with Crippen molar-refractivity contribution < 1.29 is 4.79 Å². The number of nitrogens with zero attached hydrogens (tertiary/aromatic N) is 1. The lowest BCUT2D eigenvalue weighted by atomic mass is 9.97. The molecule has 3 heteroatoms. The molecular formula is C20H26N2O. The quantitative estimate of drug-likeness (QED) is 0.884. The zero-order chi connectivity index (χ0) is 16.8. The fourth-order valence-corrected chi connectivity index (χ4v) is 2.64. The summed E-state index contributed by atoms with van der Waals surface area (Å²) in [5.41, 5.74) is 9.53. The first-order valence-corrected chi connectivity index (χ1v) is 8.18. The first kappa shape index (κ1) is 17.2. The van der Waals surface area contributed by atoms with Crippen LogP contribution in [0.25, 0.3) is 11.1 Å². The number of nitrogens with two attached hydrogens (primary N) is 1. The zero-order valence-electron chi connectivity index (χ0n) is 14.2. The molecule has 0 aromatic heterocycles. The number of benzene rings is 2. The van der Waals surface area contributed by atoms with Crippen LogP contribution < -0.4 is 5.73 Å². The van der Waals surface area contributed by atoms with Crippen LogP contribution >= 0.6 is 0 Å². The van der Waals surface area contributed by atoms with E-state index in [0.717, 1.165) is 23.1 Å². The smallest absolute Gasteiger partial charge is 0.239 e. The van der Waals surface area contributed by atoms with Crippen LogP contribution in [0.2, 0.25) is 0 Å². The van der Waals surface area contributed by atoms with Gasteiger partial charge >= 0.3 is 0 Å². The largest absolute Gasteiger partial charge is 0.340 e. The normalized spacial score (nSPS) is 13.4. The topological polar surface area (TPSA) is 46.3 Å².